The summed E-state index contributed by atoms with van der Waals surface area (Å²) in [5, 5.41) is 13.2. The number of rotatable bonds is 4. The Hall–Kier alpha value is -0.780. The third kappa shape index (κ3) is 2.48. The highest BCUT2D eigenvalue weighted by Gasteiger charge is 2.24. The standard InChI is InChI=1S/C13H18BrNO3/c1-3-8-9(11(16)7-15-2)6-10(14)13-12(8)17-4-5-18-13/h6,11,15-16H,3-5,7H2,1-2H3. The molecule has 1 aromatic rings. The maximum atomic E-state index is 10.2. The van der Waals surface area contributed by atoms with Crippen LogP contribution in [0, 0.1) is 0 Å². The molecule has 1 atom stereocenters. The molecule has 0 saturated carbocycles. The van der Waals surface area contributed by atoms with Gasteiger partial charge in [0.25, 0.3) is 0 Å². The minimum Gasteiger partial charge on any atom is -0.486 e. The molecule has 4 nitrogen and oxygen atoms in total. The van der Waals surface area contributed by atoms with Crippen molar-refractivity contribution in [2.45, 2.75) is 19.4 Å². The summed E-state index contributed by atoms with van der Waals surface area (Å²) in [6.07, 6.45) is 0.256. The fourth-order valence-corrected chi connectivity index (χ4v) is 2.75. The Balaban J connectivity index is 2.50. The van der Waals surface area contributed by atoms with Gasteiger partial charge in [0.05, 0.1) is 10.6 Å². The predicted molar refractivity (Wildman–Crippen MR) is 73.4 cm³/mol. The van der Waals surface area contributed by atoms with Crippen molar-refractivity contribution in [2.24, 2.45) is 0 Å². The normalized spacial score (nSPS) is 15.6. The van der Waals surface area contributed by atoms with E-state index in [-0.39, 0.29) is 0 Å². The largest absolute Gasteiger partial charge is 0.486 e. The zero-order valence-corrected chi connectivity index (χ0v) is 12.2. The summed E-state index contributed by atoms with van der Waals surface area (Å²) < 4.78 is 12.2. The molecule has 0 aliphatic carbocycles. The number of hydrogen-bond donors (Lipinski definition) is 2. The van der Waals surface area contributed by atoms with Gasteiger partial charge in [0.2, 0.25) is 0 Å². The van der Waals surface area contributed by atoms with Crippen LogP contribution in [0.5, 0.6) is 11.5 Å². The molecule has 18 heavy (non-hydrogen) atoms. The highest BCUT2D eigenvalue weighted by molar-refractivity contribution is 9.10. The molecule has 1 aliphatic heterocycles. The quantitative estimate of drug-likeness (QED) is 0.892. The number of benzene rings is 1. The molecule has 0 bridgehead atoms. The Bertz CT molecular complexity index is 437. The maximum absolute atomic E-state index is 10.2. The smallest absolute Gasteiger partial charge is 0.175 e. The van der Waals surface area contributed by atoms with Gasteiger partial charge < -0.3 is 19.9 Å². The second kappa shape index (κ2) is 5.91. The van der Waals surface area contributed by atoms with Gasteiger partial charge in [-0.3, -0.25) is 0 Å². The van der Waals surface area contributed by atoms with Crippen LogP contribution in [0.2, 0.25) is 0 Å². The van der Waals surface area contributed by atoms with E-state index in [1.54, 1.807) is 0 Å². The van der Waals surface area contributed by atoms with Crippen LogP contribution in [0.4, 0.5) is 0 Å². The first kappa shape index (κ1) is 13.6. The van der Waals surface area contributed by atoms with Crippen molar-refractivity contribution < 1.29 is 14.6 Å². The summed E-state index contributed by atoms with van der Waals surface area (Å²) in [5.41, 5.74) is 1.92. The first-order chi connectivity index (χ1) is 8.69. The van der Waals surface area contributed by atoms with E-state index in [2.05, 4.69) is 28.2 Å². The lowest BCUT2D eigenvalue weighted by Gasteiger charge is -2.25. The molecule has 0 spiro atoms. The minimum absolute atomic E-state index is 0.513. The summed E-state index contributed by atoms with van der Waals surface area (Å²) in [6, 6.07) is 1.92. The second-order valence-corrected chi connectivity index (χ2v) is 5.06. The van der Waals surface area contributed by atoms with Crippen molar-refractivity contribution in [1.29, 1.82) is 0 Å². The van der Waals surface area contributed by atoms with Crippen LogP contribution >= 0.6 is 15.9 Å². The average Bonchev–Trinajstić information content (AvgIpc) is 2.39. The van der Waals surface area contributed by atoms with Crippen molar-refractivity contribution in [3.8, 4) is 11.5 Å². The topological polar surface area (TPSA) is 50.7 Å². The van der Waals surface area contributed by atoms with Crippen LogP contribution in [-0.2, 0) is 6.42 Å². The summed E-state index contributed by atoms with van der Waals surface area (Å²) in [7, 11) is 1.82. The van der Waals surface area contributed by atoms with E-state index in [4.69, 9.17) is 9.47 Å². The van der Waals surface area contributed by atoms with Gasteiger partial charge in [-0.05, 0) is 41.0 Å². The Morgan fingerprint density at radius 3 is 2.67 bits per heavy atom. The molecule has 5 heteroatoms. The van der Waals surface area contributed by atoms with Gasteiger partial charge in [-0.15, -0.1) is 0 Å². The van der Waals surface area contributed by atoms with Gasteiger partial charge >= 0.3 is 0 Å². The van der Waals surface area contributed by atoms with Crippen molar-refractivity contribution in [3.05, 3.63) is 21.7 Å². The number of fused-ring (bicyclic) bond motifs is 1. The third-order valence-electron chi connectivity index (χ3n) is 3.01. The first-order valence-corrected chi connectivity index (χ1v) is 6.91. The summed E-state index contributed by atoms with van der Waals surface area (Å²) in [6.45, 7) is 3.68. The number of aliphatic hydroxyl groups is 1. The van der Waals surface area contributed by atoms with Crippen LogP contribution in [0.1, 0.15) is 24.2 Å². The van der Waals surface area contributed by atoms with Crippen LogP contribution in [-0.4, -0.2) is 31.9 Å². The van der Waals surface area contributed by atoms with E-state index >= 15 is 0 Å². The third-order valence-corrected chi connectivity index (χ3v) is 3.60. The molecule has 1 unspecified atom stereocenters. The Morgan fingerprint density at radius 1 is 1.39 bits per heavy atom. The molecule has 0 saturated heterocycles. The highest BCUT2D eigenvalue weighted by atomic mass is 79.9. The summed E-state index contributed by atoms with van der Waals surface area (Å²) >= 11 is 3.48. The van der Waals surface area contributed by atoms with Crippen molar-refractivity contribution in [2.75, 3.05) is 26.8 Å². The van der Waals surface area contributed by atoms with Crippen LogP contribution < -0.4 is 14.8 Å². The van der Waals surface area contributed by atoms with E-state index in [1.165, 1.54) is 0 Å². The molecule has 0 aromatic heterocycles. The molecule has 0 fully saturated rings. The van der Waals surface area contributed by atoms with E-state index in [0.717, 1.165) is 33.5 Å². The maximum Gasteiger partial charge on any atom is 0.175 e. The van der Waals surface area contributed by atoms with Crippen LogP contribution in [0.25, 0.3) is 0 Å². The number of hydrogen-bond acceptors (Lipinski definition) is 4. The summed E-state index contributed by atoms with van der Waals surface area (Å²) in [4.78, 5) is 0. The number of ether oxygens (including phenoxy) is 2. The zero-order valence-electron chi connectivity index (χ0n) is 10.6. The Kier molecular flexibility index (Phi) is 4.48. The van der Waals surface area contributed by atoms with Crippen molar-refractivity contribution >= 4 is 15.9 Å². The molecular weight excluding hydrogens is 298 g/mol. The van der Waals surface area contributed by atoms with Crippen LogP contribution in [0.3, 0.4) is 0 Å². The average molecular weight is 316 g/mol. The number of likely N-dealkylation sites (N-methyl/N-ethyl adjacent to an activating group) is 1. The lowest BCUT2D eigenvalue weighted by Crippen LogP contribution is -2.21. The van der Waals surface area contributed by atoms with Crippen molar-refractivity contribution in [1.82, 2.24) is 5.32 Å². The SMILES string of the molecule is CCc1c(C(O)CNC)cc(Br)c2c1OCCO2. The van der Waals surface area contributed by atoms with Crippen LogP contribution in [0.15, 0.2) is 10.5 Å². The van der Waals surface area contributed by atoms with Gasteiger partial charge in [0.15, 0.2) is 11.5 Å². The monoisotopic (exact) mass is 315 g/mol. The Labute approximate surface area is 115 Å². The van der Waals surface area contributed by atoms with Crippen molar-refractivity contribution in [3.63, 3.8) is 0 Å². The molecule has 1 aromatic carbocycles. The number of nitrogens with one attached hydrogen (secondary N) is 1. The zero-order chi connectivity index (χ0) is 13.1. The lowest BCUT2D eigenvalue weighted by atomic mass is 9.98. The second-order valence-electron chi connectivity index (χ2n) is 4.21. The summed E-state index contributed by atoms with van der Waals surface area (Å²) in [5.74, 6) is 1.52. The van der Waals surface area contributed by atoms with Gasteiger partial charge in [0, 0.05) is 12.1 Å². The molecule has 1 aliphatic rings. The molecular formula is C13H18BrNO3. The van der Waals surface area contributed by atoms with Gasteiger partial charge in [-0.2, -0.15) is 0 Å². The van der Waals surface area contributed by atoms with E-state index in [9.17, 15) is 5.11 Å². The molecule has 2 rings (SSSR count). The lowest BCUT2D eigenvalue weighted by molar-refractivity contribution is 0.161. The molecule has 2 N–H and O–H groups in total. The molecule has 0 amide bonds. The predicted octanol–water partition coefficient (Wildman–Crippen LogP) is 2.04. The Morgan fingerprint density at radius 2 is 2.06 bits per heavy atom. The highest BCUT2D eigenvalue weighted by Crippen LogP contribution is 2.43. The first-order valence-electron chi connectivity index (χ1n) is 6.12. The molecule has 0 radical (unpaired) electrons. The van der Waals surface area contributed by atoms with Gasteiger partial charge in [-0.25, -0.2) is 0 Å². The van der Waals surface area contributed by atoms with E-state index in [1.807, 2.05) is 13.1 Å². The van der Waals surface area contributed by atoms with Gasteiger partial charge in [0.1, 0.15) is 13.2 Å². The fourth-order valence-electron chi connectivity index (χ4n) is 2.21. The minimum atomic E-state index is -0.544. The molecule has 100 valence electrons. The van der Waals surface area contributed by atoms with E-state index < -0.39 is 6.10 Å². The van der Waals surface area contributed by atoms with Gasteiger partial charge in [-0.1, -0.05) is 6.92 Å². The fraction of sp³-hybridized carbons (Fsp3) is 0.538. The number of aliphatic hydroxyl groups excluding tert-OH is 1. The van der Waals surface area contributed by atoms with E-state index in [0.29, 0.717) is 19.8 Å². The molecule has 1 heterocycles. The number of halogens is 1.